The lowest BCUT2D eigenvalue weighted by Gasteiger charge is -2.15. The van der Waals surface area contributed by atoms with Gasteiger partial charge in [0.2, 0.25) is 0 Å². The maximum absolute atomic E-state index is 12.3. The largest absolute Gasteiger partial charge is 0.289 e. The van der Waals surface area contributed by atoms with Gasteiger partial charge in [-0.05, 0) is 17.6 Å². The minimum Gasteiger partial charge on any atom is -0.289 e. The quantitative estimate of drug-likeness (QED) is 0.609. The second-order valence-corrected chi connectivity index (χ2v) is 4.18. The Morgan fingerprint density at radius 3 is 2.65 bits per heavy atom. The predicted molar refractivity (Wildman–Crippen MR) is 69.7 cm³/mol. The third-order valence-electron chi connectivity index (χ3n) is 3.11. The fourth-order valence-electron chi connectivity index (χ4n) is 2.21. The molecule has 82 valence electrons. The maximum Gasteiger partial charge on any atom is 0.193 e. The average Bonchev–Trinajstić information content (AvgIpc) is 2.40. The number of hydrogen-bond acceptors (Lipinski definition) is 1. The topological polar surface area (TPSA) is 17.1 Å². The van der Waals surface area contributed by atoms with Gasteiger partial charge in [-0.1, -0.05) is 60.7 Å². The molecule has 0 heterocycles. The molecule has 1 nitrogen and oxygen atoms in total. The molecular weight excluding hydrogens is 208 g/mol. The number of ketones is 1. The molecule has 0 atom stereocenters. The van der Waals surface area contributed by atoms with E-state index in [-0.39, 0.29) is 5.78 Å². The van der Waals surface area contributed by atoms with Crippen LogP contribution in [0.2, 0.25) is 0 Å². The second-order valence-electron chi connectivity index (χ2n) is 4.18. The van der Waals surface area contributed by atoms with Gasteiger partial charge in [0.25, 0.3) is 0 Å². The third-order valence-corrected chi connectivity index (χ3v) is 3.11. The van der Waals surface area contributed by atoms with Crippen molar-refractivity contribution in [1.82, 2.24) is 0 Å². The molecule has 0 aliphatic heterocycles. The molecule has 0 aromatic heterocycles. The molecule has 0 amide bonds. The Bertz CT molecular complexity index is 598. The number of rotatable bonds is 0. The zero-order chi connectivity index (χ0) is 11.7. The molecule has 0 saturated heterocycles. The van der Waals surface area contributed by atoms with E-state index < -0.39 is 0 Å². The summed E-state index contributed by atoms with van der Waals surface area (Å²) in [5.74, 6) is 0.137. The van der Waals surface area contributed by atoms with Crippen molar-refractivity contribution in [1.29, 1.82) is 0 Å². The number of hydrogen-bond donors (Lipinski definition) is 0. The van der Waals surface area contributed by atoms with Gasteiger partial charge in [-0.25, -0.2) is 0 Å². The molecule has 0 saturated carbocycles. The van der Waals surface area contributed by atoms with Crippen molar-refractivity contribution in [3.63, 3.8) is 0 Å². The summed E-state index contributed by atoms with van der Waals surface area (Å²) in [6, 6.07) is 7.73. The SMILES string of the molecule is O=C1/C(=C2/C=CC=CC2)C=Cc2ccccc21. The summed E-state index contributed by atoms with van der Waals surface area (Å²) in [5.41, 5.74) is 3.74. The lowest BCUT2D eigenvalue weighted by atomic mass is 9.88. The first-order chi connectivity index (χ1) is 8.36. The number of Topliss-reactive ketones (excluding diaryl/α,β-unsaturated/α-hetero) is 1. The number of carbonyl (C=O) groups is 1. The van der Waals surface area contributed by atoms with Crippen molar-refractivity contribution in [2.24, 2.45) is 0 Å². The van der Waals surface area contributed by atoms with E-state index in [0.29, 0.717) is 0 Å². The van der Waals surface area contributed by atoms with Crippen LogP contribution < -0.4 is 0 Å². The zero-order valence-electron chi connectivity index (χ0n) is 9.39. The van der Waals surface area contributed by atoms with Crippen molar-refractivity contribution >= 4 is 11.9 Å². The molecule has 1 aromatic carbocycles. The van der Waals surface area contributed by atoms with Gasteiger partial charge >= 0.3 is 0 Å². The zero-order valence-corrected chi connectivity index (χ0v) is 9.39. The monoisotopic (exact) mass is 220 g/mol. The standard InChI is InChI=1S/C16H12O/c17-16-14-9-5-4-8-13(14)10-11-15(16)12-6-2-1-3-7-12/h1-6,8-11H,7H2/b15-12-. The summed E-state index contributed by atoms with van der Waals surface area (Å²) < 4.78 is 0. The van der Waals surface area contributed by atoms with E-state index in [2.05, 4.69) is 6.08 Å². The van der Waals surface area contributed by atoms with Crippen LogP contribution in [0.25, 0.3) is 6.08 Å². The van der Waals surface area contributed by atoms with Crippen LogP contribution in [-0.2, 0) is 0 Å². The Labute approximate surface area is 100 Å². The van der Waals surface area contributed by atoms with Crippen LogP contribution >= 0.6 is 0 Å². The molecule has 2 aliphatic rings. The highest BCUT2D eigenvalue weighted by atomic mass is 16.1. The summed E-state index contributed by atoms with van der Waals surface area (Å²) in [7, 11) is 0. The van der Waals surface area contributed by atoms with Crippen molar-refractivity contribution in [2.45, 2.75) is 6.42 Å². The van der Waals surface area contributed by atoms with E-state index in [0.717, 1.165) is 28.7 Å². The van der Waals surface area contributed by atoms with Gasteiger partial charge < -0.3 is 0 Å². The number of allylic oxidation sites excluding steroid dienone is 7. The summed E-state index contributed by atoms with van der Waals surface area (Å²) in [4.78, 5) is 12.3. The predicted octanol–water partition coefficient (Wildman–Crippen LogP) is 3.71. The molecule has 17 heavy (non-hydrogen) atoms. The molecule has 0 unspecified atom stereocenters. The van der Waals surface area contributed by atoms with Crippen LogP contribution in [0, 0.1) is 0 Å². The Hall–Kier alpha value is -2.15. The molecular formula is C16H12O. The van der Waals surface area contributed by atoms with E-state index in [1.54, 1.807) is 0 Å². The summed E-state index contributed by atoms with van der Waals surface area (Å²) in [6.07, 6.45) is 12.9. The molecule has 0 bridgehead atoms. The van der Waals surface area contributed by atoms with Gasteiger partial charge in [-0.3, -0.25) is 4.79 Å². The van der Waals surface area contributed by atoms with E-state index in [1.165, 1.54) is 0 Å². The summed E-state index contributed by atoms with van der Waals surface area (Å²) >= 11 is 0. The molecule has 0 radical (unpaired) electrons. The van der Waals surface area contributed by atoms with Crippen molar-refractivity contribution < 1.29 is 4.79 Å². The smallest absolute Gasteiger partial charge is 0.193 e. The minimum absolute atomic E-state index is 0.137. The maximum atomic E-state index is 12.3. The first-order valence-corrected chi connectivity index (χ1v) is 5.74. The lowest BCUT2D eigenvalue weighted by molar-refractivity contribution is 0.103. The Balaban J connectivity index is 2.11. The fraction of sp³-hybridized carbons (Fsp3) is 0.0625. The fourth-order valence-corrected chi connectivity index (χ4v) is 2.21. The van der Waals surface area contributed by atoms with Gasteiger partial charge in [0.15, 0.2) is 5.78 Å². The van der Waals surface area contributed by atoms with Gasteiger partial charge in [0.05, 0.1) is 0 Å². The summed E-state index contributed by atoms with van der Waals surface area (Å²) in [6.45, 7) is 0. The van der Waals surface area contributed by atoms with Crippen LogP contribution in [0.15, 0.2) is 65.8 Å². The van der Waals surface area contributed by atoms with Crippen molar-refractivity contribution in [3.8, 4) is 0 Å². The highest BCUT2D eigenvalue weighted by molar-refractivity contribution is 6.15. The first-order valence-electron chi connectivity index (χ1n) is 5.74. The number of carbonyl (C=O) groups excluding carboxylic acids is 1. The summed E-state index contributed by atoms with van der Waals surface area (Å²) in [5, 5.41) is 0. The highest BCUT2D eigenvalue weighted by Gasteiger charge is 2.19. The molecule has 3 rings (SSSR count). The van der Waals surface area contributed by atoms with Gasteiger partial charge in [0, 0.05) is 11.1 Å². The molecule has 2 aliphatic carbocycles. The molecule has 1 heteroatoms. The Morgan fingerprint density at radius 2 is 1.82 bits per heavy atom. The van der Waals surface area contributed by atoms with Crippen LogP contribution in [0.5, 0.6) is 0 Å². The Morgan fingerprint density at radius 1 is 0.941 bits per heavy atom. The minimum atomic E-state index is 0.137. The molecule has 0 spiro atoms. The molecule has 1 aromatic rings. The van der Waals surface area contributed by atoms with Crippen molar-refractivity contribution in [2.75, 3.05) is 0 Å². The van der Waals surface area contributed by atoms with E-state index in [4.69, 9.17) is 0 Å². The van der Waals surface area contributed by atoms with Crippen LogP contribution in [-0.4, -0.2) is 5.78 Å². The lowest BCUT2D eigenvalue weighted by Crippen LogP contribution is -2.10. The van der Waals surface area contributed by atoms with E-state index in [1.807, 2.05) is 54.6 Å². The average molecular weight is 220 g/mol. The Kier molecular flexibility index (Phi) is 2.37. The van der Waals surface area contributed by atoms with Gasteiger partial charge in [-0.2, -0.15) is 0 Å². The van der Waals surface area contributed by atoms with Crippen LogP contribution in [0.1, 0.15) is 22.3 Å². The highest BCUT2D eigenvalue weighted by Crippen LogP contribution is 2.27. The second kappa shape index (κ2) is 4.02. The molecule has 0 fully saturated rings. The van der Waals surface area contributed by atoms with Gasteiger partial charge in [-0.15, -0.1) is 0 Å². The first kappa shape index (κ1) is 10.0. The number of fused-ring (bicyclic) bond motifs is 1. The third kappa shape index (κ3) is 1.70. The van der Waals surface area contributed by atoms with Gasteiger partial charge in [0.1, 0.15) is 0 Å². The van der Waals surface area contributed by atoms with E-state index >= 15 is 0 Å². The van der Waals surface area contributed by atoms with Crippen molar-refractivity contribution in [3.05, 3.63) is 76.9 Å². The van der Waals surface area contributed by atoms with Crippen LogP contribution in [0.3, 0.4) is 0 Å². The molecule has 0 N–H and O–H groups in total. The van der Waals surface area contributed by atoms with E-state index in [9.17, 15) is 4.79 Å². The number of benzene rings is 1. The van der Waals surface area contributed by atoms with Crippen LogP contribution in [0.4, 0.5) is 0 Å². The normalized spacial score (nSPS) is 21.8.